The van der Waals surface area contributed by atoms with Gasteiger partial charge in [-0.1, -0.05) is 48.6 Å². The second kappa shape index (κ2) is 7.95. The highest BCUT2D eigenvalue weighted by Gasteiger charge is 1.99. The van der Waals surface area contributed by atoms with E-state index in [0.717, 1.165) is 12.1 Å². The molecule has 1 aliphatic carbocycles. The smallest absolute Gasteiger partial charge is 0.0337 e. The molecule has 0 saturated heterocycles. The Kier molecular flexibility index (Phi) is 5.65. The van der Waals surface area contributed by atoms with E-state index >= 15 is 0 Å². The van der Waals surface area contributed by atoms with Gasteiger partial charge in [0.15, 0.2) is 0 Å². The maximum atomic E-state index is 3.13. The number of rotatable bonds is 5. The van der Waals surface area contributed by atoms with Gasteiger partial charge in [-0.15, -0.1) is 0 Å². The Morgan fingerprint density at radius 2 is 1.86 bits per heavy atom. The first-order chi connectivity index (χ1) is 10.3. The van der Waals surface area contributed by atoms with E-state index in [2.05, 4.69) is 77.4 Å². The minimum absolute atomic E-state index is 0.975. The Labute approximate surface area is 127 Å². The molecule has 1 aromatic carbocycles. The first kappa shape index (κ1) is 14.9. The molecule has 0 unspecified atom stereocenters. The summed E-state index contributed by atoms with van der Waals surface area (Å²) < 4.78 is 0. The van der Waals surface area contributed by atoms with Gasteiger partial charge in [0.05, 0.1) is 0 Å². The number of hydrogen-bond acceptors (Lipinski definition) is 2. The van der Waals surface area contributed by atoms with Gasteiger partial charge in [-0.2, -0.15) is 0 Å². The standard InChI is InChI=1S/C19H22N2/c1-20-15-14-18(17-6-4-3-5-7-17)11-8-16-9-12-19(21-2)13-10-16/h3-6,8-15,20-21H,7H2,1-2H3. The van der Waals surface area contributed by atoms with Crippen LogP contribution in [0.25, 0.3) is 6.08 Å². The summed E-state index contributed by atoms with van der Waals surface area (Å²) in [6, 6.07) is 8.39. The largest absolute Gasteiger partial charge is 0.394 e. The molecule has 0 heterocycles. The Bertz CT molecular complexity index is 599. The Hall–Kier alpha value is -2.48. The first-order valence-electron chi connectivity index (χ1n) is 7.19. The Morgan fingerprint density at radius 1 is 1.05 bits per heavy atom. The van der Waals surface area contributed by atoms with Crippen LogP contribution < -0.4 is 10.6 Å². The van der Waals surface area contributed by atoms with Crippen molar-refractivity contribution in [3.63, 3.8) is 0 Å². The summed E-state index contributed by atoms with van der Waals surface area (Å²) in [5.41, 5.74) is 4.87. The molecule has 0 fully saturated rings. The lowest BCUT2D eigenvalue weighted by Gasteiger charge is -2.06. The summed E-state index contributed by atoms with van der Waals surface area (Å²) in [5, 5.41) is 6.18. The van der Waals surface area contributed by atoms with Gasteiger partial charge in [-0.3, -0.25) is 0 Å². The summed E-state index contributed by atoms with van der Waals surface area (Å²) in [6.45, 7) is 0. The van der Waals surface area contributed by atoms with E-state index in [-0.39, 0.29) is 0 Å². The SMILES string of the molecule is CNC=CC(C=Cc1ccc(NC)cc1)=C1C=CC=CC1. The van der Waals surface area contributed by atoms with Crippen LogP contribution in [0.2, 0.25) is 0 Å². The van der Waals surface area contributed by atoms with Crippen molar-refractivity contribution in [1.29, 1.82) is 0 Å². The fourth-order valence-electron chi connectivity index (χ4n) is 2.12. The van der Waals surface area contributed by atoms with Crippen molar-refractivity contribution in [1.82, 2.24) is 5.32 Å². The molecular formula is C19H22N2. The molecule has 0 aliphatic heterocycles. The molecule has 0 amide bonds. The van der Waals surface area contributed by atoms with Crippen LogP contribution in [0.3, 0.4) is 0 Å². The molecule has 2 N–H and O–H groups in total. The van der Waals surface area contributed by atoms with Crippen LogP contribution in [-0.4, -0.2) is 14.1 Å². The van der Waals surface area contributed by atoms with E-state index in [9.17, 15) is 0 Å². The molecule has 0 aromatic heterocycles. The van der Waals surface area contributed by atoms with Crippen molar-refractivity contribution in [3.05, 3.63) is 83.6 Å². The van der Waals surface area contributed by atoms with Gasteiger partial charge in [0, 0.05) is 19.8 Å². The van der Waals surface area contributed by atoms with E-state index in [1.165, 1.54) is 16.7 Å². The maximum Gasteiger partial charge on any atom is 0.0337 e. The molecular weight excluding hydrogens is 256 g/mol. The van der Waals surface area contributed by atoms with Crippen LogP contribution in [0.15, 0.2) is 78.1 Å². The molecule has 0 saturated carbocycles. The lowest BCUT2D eigenvalue weighted by molar-refractivity contribution is 1.10. The van der Waals surface area contributed by atoms with Gasteiger partial charge in [0.25, 0.3) is 0 Å². The lowest BCUT2D eigenvalue weighted by atomic mass is 10.00. The minimum atomic E-state index is 0.975. The number of anilines is 1. The zero-order chi connectivity index (χ0) is 14.9. The van der Waals surface area contributed by atoms with Crippen molar-refractivity contribution in [2.45, 2.75) is 6.42 Å². The van der Waals surface area contributed by atoms with Gasteiger partial charge < -0.3 is 10.6 Å². The van der Waals surface area contributed by atoms with Crippen molar-refractivity contribution >= 4 is 11.8 Å². The van der Waals surface area contributed by atoms with Crippen molar-refractivity contribution in [3.8, 4) is 0 Å². The molecule has 1 aromatic rings. The minimum Gasteiger partial charge on any atom is -0.394 e. The van der Waals surface area contributed by atoms with E-state index in [1.807, 2.05) is 20.3 Å². The highest BCUT2D eigenvalue weighted by molar-refractivity contribution is 5.59. The number of nitrogens with one attached hydrogen (secondary N) is 2. The van der Waals surface area contributed by atoms with Crippen LogP contribution in [0.4, 0.5) is 5.69 Å². The number of hydrogen-bond donors (Lipinski definition) is 2. The molecule has 0 atom stereocenters. The second-order valence-corrected chi connectivity index (χ2v) is 4.80. The molecule has 108 valence electrons. The van der Waals surface area contributed by atoms with E-state index in [0.29, 0.717) is 0 Å². The molecule has 2 rings (SSSR count). The highest BCUT2D eigenvalue weighted by atomic mass is 14.8. The van der Waals surface area contributed by atoms with Gasteiger partial charge >= 0.3 is 0 Å². The maximum absolute atomic E-state index is 3.13. The van der Waals surface area contributed by atoms with Crippen molar-refractivity contribution in [2.75, 3.05) is 19.4 Å². The highest BCUT2D eigenvalue weighted by Crippen LogP contribution is 2.19. The molecule has 21 heavy (non-hydrogen) atoms. The summed E-state index contributed by atoms with van der Waals surface area (Å²) in [7, 11) is 3.84. The van der Waals surface area contributed by atoms with E-state index < -0.39 is 0 Å². The summed E-state index contributed by atoms with van der Waals surface area (Å²) >= 11 is 0. The van der Waals surface area contributed by atoms with Gasteiger partial charge in [-0.05, 0) is 47.5 Å². The molecule has 0 spiro atoms. The van der Waals surface area contributed by atoms with E-state index in [4.69, 9.17) is 0 Å². The predicted octanol–water partition coefficient (Wildman–Crippen LogP) is 4.29. The third-order valence-electron chi connectivity index (χ3n) is 3.34. The number of allylic oxidation sites excluding steroid dienone is 8. The zero-order valence-corrected chi connectivity index (χ0v) is 12.6. The van der Waals surface area contributed by atoms with Gasteiger partial charge in [0.1, 0.15) is 0 Å². The monoisotopic (exact) mass is 278 g/mol. The fraction of sp³-hybridized carbons (Fsp3) is 0.158. The topological polar surface area (TPSA) is 24.1 Å². The molecule has 2 nitrogen and oxygen atoms in total. The molecule has 1 aliphatic rings. The third kappa shape index (κ3) is 4.53. The summed E-state index contributed by atoms with van der Waals surface area (Å²) in [5.74, 6) is 0. The average Bonchev–Trinajstić information content (AvgIpc) is 2.56. The Balaban J connectivity index is 2.21. The average molecular weight is 278 g/mol. The summed E-state index contributed by atoms with van der Waals surface area (Å²) in [4.78, 5) is 0. The van der Waals surface area contributed by atoms with Crippen LogP contribution in [0, 0.1) is 0 Å². The fourth-order valence-corrected chi connectivity index (χ4v) is 2.12. The van der Waals surface area contributed by atoms with Crippen LogP contribution >= 0.6 is 0 Å². The van der Waals surface area contributed by atoms with Crippen LogP contribution in [0.1, 0.15) is 12.0 Å². The van der Waals surface area contributed by atoms with Crippen LogP contribution in [-0.2, 0) is 0 Å². The second-order valence-electron chi connectivity index (χ2n) is 4.80. The lowest BCUT2D eigenvalue weighted by Crippen LogP contribution is -1.93. The van der Waals surface area contributed by atoms with Crippen LogP contribution in [0.5, 0.6) is 0 Å². The predicted molar refractivity (Wildman–Crippen MR) is 93.1 cm³/mol. The number of benzene rings is 1. The normalized spacial score (nSPS) is 16.7. The van der Waals surface area contributed by atoms with Crippen molar-refractivity contribution in [2.24, 2.45) is 0 Å². The first-order valence-corrected chi connectivity index (χ1v) is 7.19. The van der Waals surface area contributed by atoms with Gasteiger partial charge in [-0.25, -0.2) is 0 Å². The quantitative estimate of drug-likeness (QED) is 0.839. The Morgan fingerprint density at radius 3 is 2.48 bits per heavy atom. The molecule has 2 heteroatoms. The third-order valence-corrected chi connectivity index (χ3v) is 3.34. The molecule has 0 bridgehead atoms. The zero-order valence-electron chi connectivity index (χ0n) is 12.6. The molecule has 0 radical (unpaired) electrons. The van der Waals surface area contributed by atoms with Gasteiger partial charge in [0.2, 0.25) is 0 Å². The van der Waals surface area contributed by atoms with Crippen molar-refractivity contribution < 1.29 is 0 Å². The van der Waals surface area contributed by atoms with E-state index in [1.54, 1.807) is 0 Å². The summed E-state index contributed by atoms with van der Waals surface area (Å²) in [6.07, 6.45) is 17.9.